The maximum absolute atomic E-state index is 12.8. The summed E-state index contributed by atoms with van der Waals surface area (Å²) in [4.78, 5) is 26.3. The Morgan fingerprint density at radius 2 is 2.03 bits per heavy atom. The fourth-order valence-electron chi connectivity index (χ4n) is 4.51. The second-order valence-corrected chi connectivity index (χ2v) is 9.28. The second kappa shape index (κ2) is 9.09. The third-order valence-corrected chi connectivity index (χ3v) is 6.60. The van der Waals surface area contributed by atoms with E-state index in [0.29, 0.717) is 47.0 Å². The molecule has 34 heavy (non-hydrogen) atoms. The van der Waals surface area contributed by atoms with Gasteiger partial charge in [-0.15, -0.1) is 0 Å². The van der Waals surface area contributed by atoms with E-state index in [0.717, 1.165) is 42.0 Å². The van der Waals surface area contributed by atoms with Gasteiger partial charge in [-0.1, -0.05) is 11.6 Å². The molecule has 0 bridgehead atoms. The monoisotopic (exact) mass is 478 g/mol. The molecule has 0 spiro atoms. The average molecular weight is 479 g/mol. The van der Waals surface area contributed by atoms with Gasteiger partial charge >= 0.3 is 0 Å². The highest BCUT2D eigenvalue weighted by molar-refractivity contribution is 6.30. The minimum Gasteiger partial charge on any atom is -0.397 e. The van der Waals surface area contributed by atoms with Gasteiger partial charge in [0.25, 0.3) is 5.91 Å². The molecule has 0 atom stereocenters. The van der Waals surface area contributed by atoms with Gasteiger partial charge in [0.2, 0.25) is 5.95 Å². The van der Waals surface area contributed by atoms with E-state index in [4.69, 9.17) is 28.2 Å². The van der Waals surface area contributed by atoms with Crippen LogP contribution in [0.3, 0.4) is 0 Å². The minimum atomic E-state index is -0.0146. The van der Waals surface area contributed by atoms with Crippen LogP contribution in [0.25, 0.3) is 0 Å². The van der Waals surface area contributed by atoms with E-state index in [1.807, 2.05) is 36.2 Å². The summed E-state index contributed by atoms with van der Waals surface area (Å²) in [5, 5.41) is 3.93. The number of likely N-dealkylation sites (tertiary alicyclic amines) is 1. The van der Waals surface area contributed by atoms with E-state index in [1.165, 1.54) is 0 Å². The molecule has 0 aliphatic carbocycles. The van der Waals surface area contributed by atoms with E-state index in [1.54, 1.807) is 18.2 Å². The Labute approximate surface area is 203 Å². The number of aromatic nitrogens is 2. The van der Waals surface area contributed by atoms with Crippen LogP contribution in [0.15, 0.2) is 42.6 Å². The standard InChI is InChI=1S/C24H27ClN8O/c1-14-6-17(25)9-18(7-14)29-24-28-10-16-11-32(5-4-21(16)30-24)19-12-33(13-19)23(34)15-2-3-22(31-27)20(26)8-15/h2-3,6-10,19,31H,4-5,11-13,26-27H2,1H3,(H,28,29,30). The van der Waals surface area contributed by atoms with Crippen molar-refractivity contribution < 1.29 is 4.79 Å². The van der Waals surface area contributed by atoms with Crippen molar-refractivity contribution in [1.82, 2.24) is 19.8 Å². The van der Waals surface area contributed by atoms with Crippen molar-refractivity contribution in [3.8, 4) is 0 Å². The largest absolute Gasteiger partial charge is 0.397 e. The first-order valence-electron chi connectivity index (χ1n) is 11.2. The lowest BCUT2D eigenvalue weighted by atomic mass is 10.00. The maximum atomic E-state index is 12.8. The van der Waals surface area contributed by atoms with Crippen LogP contribution < -0.4 is 22.3 Å². The first-order chi connectivity index (χ1) is 16.4. The van der Waals surface area contributed by atoms with Crippen LogP contribution in [0, 0.1) is 6.92 Å². The van der Waals surface area contributed by atoms with Gasteiger partial charge in [-0.3, -0.25) is 15.5 Å². The molecule has 10 heteroatoms. The van der Waals surface area contributed by atoms with Crippen LogP contribution in [-0.4, -0.2) is 51.4 Å². The zero-order chi connectivity index (χ0) is 23.8. The molecule has 2 aliphatic rings. The van der Waals surface area contributed by atoms with Crippen molar-refractivity contribution in [3.63, 3.8) is 0 Å². The number of fused-ring (bicyclic) bond motifs is 1. The number of hydrogen-bond acceptors (Lipinski definition) is 8. The number of hydrazine groups is 1. The first-order valence-corrected chi connectivity index (χ1v) is 11.6. The minimum absolute atomic E-state index is 0.0146. The van der Waals surface area contributed by atoms with Gasteiger partial charge in [-0.2, -0.15) is 0 Å². The number of hydrogen-bond donors (Lipinski definition) is 4. The van der Waals surface area contributed by atoms with Crippen molar-refractivity contribution in [2.45, 2.75) is 25.9 Å². The highest BCUT2D eigenvalue weighted by Crippen LogP contribution is 2.27. The lowest BCUT2D eigenvalue weighted by Gasteiger charge is -2.46. The molecule has 6 N–H and O–H groups in total. The number of anilines is 4. The molecule has 1 amide bonds. The zero-order valence-corrected chi connectivity index (χ0v) is 19.6. The Kier molecular flexibility index (Phi) is 5.99. The number of rotatable bonds is 5. The number of benzene rings is 2. The van der Waals surface area contributed by atoms with Crippen LogP contribution in [0.2, 0.25) is 5.02 Å². The number of carbonyl (C=O) groups excluding carboxylic acids is 1. The smallest absolute Gasteiger partial charge is 0.254 e. The van der Waals surface area contributed by atoms with Gasteiger partial charge in [0, 0.05) is 66.7 Å². The fourth-order valence-corrected chi connectivity index (χ4v) is 4.80. The summed E-state index contributed by atoms with van der Waals surface area (Å²) in [6.07, 6.45) is 2.74. The molecular weight excluding hydrogens is 452 g/mol. The third kappa shape index (κ3) is 4.50. The molecule has 0 radical (unpaired) electrons. The summed E-state index contributed by atoms with van der Waals surface area (Å²) in [7, 11) is 0. The highest BCUT2D eigenvalue weighted by Gasteiger charge is 2.36. The lowest BCUT2D eigenvalue weighted by molar-refractivity contribution is 0.0216. The quantitative estimate of drug-likeness (QED) is 0.250. The van der Waals surface area contributed by atoms with Crippen molar-refractivity contribution in [3.05, 3.63) is 70.0 Å². The van der Waals surface area contributed by atoms with E-state index in [9.17, 15) is 4.79 Å². The number of aryl methyl sites for hydroxylation is 1. The van der Waals surface area contributed by atoms with E-state index >= 15 is 0 Å². The molecule has 3 heterocycles. The second-order valence-electron chi connectivity index (χ2n) is 8.84. The summed E-state index contributed by atoms with van der Waals surface area (Å²) in [5.41, 5.74) is 14.2. The van der Waals surface area contributed by atoms with E-state index in [2.05, 4.69) is 20.6 Å². The summed E-state index contributed by atoms with van der Waals surface area (Å²) < 4.78 is 0. The number of nitrogens with zero attached hydrogens (tertiary/aromatic N) is 4. The molecule has 1 aromatic heterocycles. The Morgan fingerprint density at radius 3 is 2.76 bits per heavy atom. The van der Waals surface area contributed by atoms with E-state index < -0.39 is 0 Å². The molecule has 2 aromatic carbocycles. The van der Waals surface area contributed by atoms with Crippen LogP contribution in [-0.2, 0) is 13.0 Å². The molecule has 2 aliphatic heterocycles. The number of amides is 1. The van der Waals surface area contributed by atoms with Crippen LogP contribution in [0.5, 0.6) is 0 Å². The number of halogens is 1. The highest BCUT2D eigenvalue weighted by atomic mass is 35.5. The molecule has 0 unspecified atom stereocenters. The molecule has 1 saturated heterocycles. The fraction of sp³-hybridized carbons (Fsp3) is 0.292. The number of nitrogens with two attached hydrogens (primary N) is 2. The molecule has 0 saturated carbocycles. The molecular formula is C24H27ClN8O. The van der Waals surface area contributed by atoms with E-state index in [-0.39, 0.29) is 5.91 Å². The van der Waals surface area contributed by atoms with Crippen LogP contribution in [0.4, 0.5) is 23.0 Å². The zero-order valence-electron chi connectivity index (χ0n) is 18.9. The van der Waals surface area contributed by atoms with Gasteiger partial charge in [-0.05, 0) is 48.9 Å². The predicted molar refractivity (Wildman–Crippen MR) is 134 cm³/mol. The lowest BCUT2D eigenvalue weighted by Crippen LogP contribution is -2.61. The summed E-state index contributed by atoms with van der Waals surface area (Å²) in [6.45, 7) is 5.07. The van der Waals surface area contributed by atoms with Gasteiger partial charge in [0.1, 0.15) is 0 Å². The van der Waals surface area contributed by atoms with Gasteiger partial charge < -0.3 is 21.4 Å². The molecule has 176 valence electrons. The predicted octanol–water partition coefficient (Wildman–Crippen LogP) is 2.93. The Bertz CT molecular complexity index is 1220. The van der Waals surface area contributed by atoms with Crippen molar-refractivity contribution in [2.75, 3.05) is 36.1 Å². The number of nitrogen functional groups attached to an aromatic ring is 2. The SMILES string of the molecule is Cc1cc(Cl)cc(Nc2ncc3c(n2)CCN(C2CN(C(=O)c4ccc(NN)c(N)c4)C2)C3)c1. The summed E-state index contributed by atoms with van der Waals surface area (Å²) in [5.74, 6) is 5.97. The molecule has 9 nitrogen and oxygen atoms in total. The normalized spacial score (nSPS) is 16.0. The van der Waals surface area contributed by atoms with Gasteiger partial charge in [-0.25, -0.2) is 9.97 Å². The summed E-state index contributed by atoms with van der Waals surface area (Å²) >= 11 is 6.16. The molecule has 3 aromatic rings. The topological polar surface area (TPSA) is 125 Å². The van der Waals surface area contributed by atoms with Crippen molar-refractivity contribution in [2.24, 2.45) is 5.84 Å². The third-order valence-electron chi connectivity index (χ3n) is 6.38. The average Bonchev–Trinajstić information content (AvgIpc) is 2.77. The Hall–Kier alpha value is -3.40. The molecule has 1 fully saturated rings. The first kappa shape index (κ1) is 22.4. The van der Waals surface area contributed by atoms with Gasteiger partial charge in [0.15, 0.2) is 0 Å². The maximum Gasteiger partial charge on any atom is 0.254 e. The van der Waals surface area contributed by atoms with Gasteiger partial charge in [0.05, 0.1) is 17.1 Å². The Morgan fingerprint density at radius 1 is 1.21 bits per heavy atom. The Balaban J connectivity index is 1.19. The number of nitrogens with one attached hydrogen (secondary N) is 2. The summed E-state index contributed by atoms with van der Waals surface area (Å²) in [6, 6.07) is 11.2. The van der Waals surface area contributed by atoms with Crippen LogP contribution >= 0.6 is 11.6 Å². The molecule has 5 rings (SSSR count). The number of carbonyl (C=O) groups is 1. The van der Waals surface area contributed by atoms with Crippen molar-refractivity contribution >= 4 is 40.5 Å². The van der Waals surface area contributed by atoms with Crippen LogP contribution in [0.1, 0.15) is 27.2 Å². The van der Waals surface area contributed by atoms with Crippen molar-refractivity contribution in [1.29, 1.82) is 0 Å².